The van der Waals surface area contributed by atoms with Crippen LogP contribution in [0, 0.1) is 6.92 Å². The van der Waals surface area contributed by atoms with Crippen molar-refractivity contribution in [1.29, 1.82) is 0 Å². The molecule has 122 valence electrons. The lowest BCUT2D eigenvalue weighted by Crippen LogP contribution is -3.09. The lowest BCUT2D eigenvalue weighted by molar-refractivity contribution is -0.927. The Kier molecular flexibility index (Phi) is 5.81. The van der Waals surface area contributed by atoms with E-state index in [1.807, 2.05) is 0 Å². The first-order chi connectivity index (χ1) is 11.8. The van der Waals surface area contributed by atoms with Gasteiger partial charge < -0.3 is 4.90 Å². The standard InChI is InChI=1S/C23H25N/c1-20-12-14-23(15-13-20)19-24(18-22-10-6-3-7-11-22)17-16-21-8-4-2-5-9-21/h2-15H,16-19H2,1H3/p+1. The Labute approximate surface area is 145 Å². The zero-order chi connectivity index (χ0) is 16.6. The number of rotatable bonds is 7. The SMILES string of the molecule is Cc1ccc(C[NH+](CCc2ccccc2)Cc2ccccc2)cc1. The third-order valence-corrected chi connectivity index (χ3v) is 4.48. The quantitative estimate of drug-likeness (QED) is 0.676. The summed E-state index contributed by atoms with van der Waals surface area (Å²) in [5.74, 6) is 0. The molecule has 0 aromatic heterocycles. The van der Waals surface area contributed by atoms with Crippen LogP contribution in [0.25, 0.3) is 0 Å². The molecule has 1 unspecified atom stereocenters. The third kappa shape index (κ3) is 5.07. The number of hydrogen-bond acceptors (Lipinski definition) is 0. The van der Waals surface area contributed by atoms with E-state index in [1.54, 1.807) is 4.90 Å². The predicted octanol–water partition coefficient (Wildman–Crippen LogP) is 3.82. The van der Waals surface area contributed by atoms with E-state index in [4.69, 9.17) is 0 Å². The van der Waals surface area contributed by atoms with E-state index < -0.39 is 0 Å². The van der Waals surface area contributed by atoms with Crippen LogP contribution in [0.5, 0.6) is 0 Å². The minimum atomic E-state index is 1.07. The molecule has 3 aromatic rings. The maximum absolute atomic E-state index is 2.27. The monoisotopic (exact) mass is 316 g/mol. The zero-order valence-electron chi connectivity index (χ0n) is 14.4. The van der Waals surface area contributed by atoms with Crippen LogP contribution < -0.4 is 4.90 Å². The summed E-state index contributed by atoms with van der Waals surface area (Å²) in [6.07, 6.45) is 1.12. The van der Waals surface area contributed by atoms with Crippen molar-refractivity contribution in [2.24, 2.45) is 0 Å². The fraction of sp³-hybridized carbons (Fsp3) is 0.217. The lowest BCUT2D eigenvalue weighted by atomic mass is 10.1. The van der Waals surface area contributed by atoms with Crippen molar-refractivity contribution in [2.75, 3.05) is 6.54 Å². The van der Waals surface area contributed by atoms with Crippen LogP contribution in [0.1, 0.15) is 22.3 Å². The van der Waals surface area contributed by atoms with Gasteiger partial charge in [-0.1, -0.05) is 90.5 Å². The summed E-state index contributed by atoms with van der Waals surface area (Å²) < 4.78 is 0. The van der Waals surface area contributed by atoms with E-state index in [1.165, 1.54) is 22.3 Å². The molecular formula is C23H26N+. The van der Waals surface area contributed by atoms with Crippen molar-refractivity contribution in [1.82, 2.24) is 0 Å². The minimum absolute atomic E-state index is 1.07. The van der Waals surface area contributed by atoms with Gasteiger partial charge >= 0.3 is 0 Å². The summed E-state index contributed by atoms with van der Waals surface area (Å²) in [6, 6.07) is 30.6. The molecule has 0 amide bonds. The molecule has 0 radical (unpaired) electrons. The highest BCUT2D eigenvalue weighted by Gasteiger charge is 2.11. The Bertz CT molecular complexity index is 717. The molecule has 0 saturated heterocycles. The van der Waals surface area contributed by atoms with Crippen LogP contribution in [-0.2, 0) is 19.5 Å². The summed E-state index contributed by atoms with van der Waals surface area (Å²) in [4.78, 5) is 1.61. The Morgan fingerprint density at radius 1 is 0.583 bits per heavy atom. The van der Waals surface area contributed by atoms with E-state index in [2.05, 4.69) is 91.9 Å². The van der Waals surface area contributed by atoms with Gasteiger partial charge in [0, 0.05) is 17.5 Å². The summed E-state index contributed by atoms with van der Waals surface area (Å²) in [6.45, 7) is 5.43. The van der Waals surface area contributed by atoms with Crippen LogP contribution >= 0.6 is 0 Å². The highest BCUT2D eigenvalue weighted by Crippen LogP contribution is 2.03. The van der Waals surface area contributed by atoms with Crippen molar-refractivity contribution in [3.05, 3.63) is 107 Å². The van der Waals surface area contributed by atoms with Crippen molar-refractivity contribution in [3.63, 3.8) is 0 Å². The van der Waals surface area contributed by atoms with Crippen molar-refractivity contribution in [3.8, 4) is 0 Å². The summed E-state index contributed by atoms with van der Waals surface area (Å²) in [5.41, 5.74) is 5.58. The molecule has 24 heavy (non-hydrogen) atoms. The van der Waals surface area contributed by atoms with E-state index in [-0.39, 0.29) is 0 Å². The summed E-state index contributed by atoms with van der Waals surface area (Å²) >= 11 is 0. The summed E-state index contributed by atoms with van der Waals surface area (Å²) in [5, 5.41) is 0. The highest BCUT2D eigenvalue weighted by molar-refractivity contribution is 5.20. The number of hydrogen-bond donors (Lipinski definition) is 1. The second-order valence-corrected chi connectivity index (χ2v) is 6.56. The molecule has 0 aliphatic carbocycles. The van der Waals surface area contributed by atoms with Gasteiger partial charge in [-0.15, -0.1) is 0 Å². The first-order valence-electron chi connectivity index (χ1n) is 8.76. The van der Waals surface area contributed by atoms with E-state index >= 15 is 0 Å². The van der Waals surface area contributed by atoms with Crippen LogP contribution in [0.15, 0.2) is 84.9 Å². The Balaban J connectivity index is 1.68. The third-order valence-electron chi connectivity index (χ3n) is 4.48. The van der Waals surface area contributed by atoms with Crippen molar-refractivity contribution >= 4 is 0 Å². The highest BCUT2D eigenvalue weighted by atomic mass is 15.1. The maximum Gasteiger partial charge on any atom is 0.103 e. The van der Waals surface area contributed by atoms with Gasteiger partial charge in [0.1, 0.15) is 13.1 Å². The second kappa shape index (κ2) is 8.47. The predicted molar refractivity (Wildman–Crippen MR) is 101 cm³/mol. The number of aryl methyl sites for hydroxylation is 1. The van der Waals surface area contributed by atoms with Gasteiger partial charge in [0.2, 0.25) is 0 Å². The first-order valence-corrected chi connectivity index (χ1v) is 8.76. The molecule has 0 fully saturated rings. The smallest absolute Gasteiger partial charge is 0.103 e. The van der Waals surface area contributed by atoms with E-state index in [9.17, 15) is 0 Å². The van der Waals surface area contributed by atoms with Crippen molar-refractivity contribution < 1.29 is 4.90 Å². The molecule has 0 heterocycles. The normalized spacial score (nSPS) is 12.0. The lowest BCUT2D eigenvalue weighted by Gasteiger charge is -2.20. The van der Waals surface area contributed by atoms with Gasteiger partial charge in [-0.05, 0) is 12.5 Å². The zero-order valence-corrected chi connectivity index (χ0v) is 14.4. The average Bonchev–Trinajstić information content (AvgIpc) is 2.63. The average molecular weight is 316 g/mol. The van der Waals surface area contributed by atoms with Crippen LogP contribution in [-0.4, -0.2) is 6.54 Å². The molecule has 1 N–H and O–H groups in total. The van der Waals surface area contributed by atoms with Gasteiger partial charge in [0.05, 0.1) is 6.54 Å². The number of benzene rings is 3. The fourth-order valence-corrected chi connectivity index (χ4v) is 3.08. The number of quaternary nitrogens is 1. The fourth-order valence-electron chi connectivity index (χ4n) is 3.08. The largest absolute Gasteiger partial charge is 0.327 e. The molecule has 0 aliphatic heterocycles. The van der Waals surface area contributed by atoms with E-state index in [0.717, 1.165) is 26.1 Å². The van der Waals surface area contributed by atoms with Crippen LogP contribution in [0.4, 0.5) is 0 Å². The summed E-state index contributed by atoms with van der Waals surface area (Å²) in [7, 11) is 0. The van der Waals surface area contributed by atoms with Gasteiger partial charge in [-0.2, -0.15) is 0 Å². The molecule has 3 rings (SSSR count). The molecule has 1 atom stereocenters. The number of nitrogens with one attached hydrogen (secondary N) is 1. The second-order valence-electron chi connectivity index (χ2n) is 6.56. The van der Waals surface area contributed by atoms with Gasteiger partial charge in [-0.25, -0.2) is 0 Å². The van der Waals surface area contributed by atoms with Gasteiger partial charge in [0.15, 0.2) is 0 Å². The van der Waals surface area contributed by atoms with Crippen molar-refractivity contribution in [2.45, 2.75) is 26.4 Å². The molecule has 1 nitrogen and oxygen atoms in total. The van der Waals surface area contributed by atoms with E-state index in [0.29, 0.717) is 0 Å². The molecule has 0 saturated carbocycles. The van der Waals surface area contributed by atoms with Crippen LogP contribution in [0.2, 0.25) is 0 Å². The molecule has 0 aliphatic rings. The Hall–Kier alpha value is -2.38. The molecule has 0 bridgehead atoms. The molecule has 1 heteroatoms. The molecule has 0 spiro atoms. The minimum Gasteiger partial charge on any atom is -0.327 e. The molecular weight excluding hydrogens is 290 g/mol. The molecule has 3 aromatic carbocycles. The Morgan fingerprint density at radius 3 is 1.67 bits per heavy atom. The first kappa shape index (κ1) is 16.5. The topological polar surface area (TPSA) is 4.44 Å². The maximum atomic E-state index is 2.27. The van der Waals surface area contributed by atoms with Crippen LogP contribution in [0.3, 0.4) is 0 Å². The Morgan fingerprint density at radius 2 is 1.08 bits per heavy atom. The van der Waals surface area contributed by atoms with Gasteiger partial charge in [0.25, 0.3) is 0 Å². The van der Waals surface area contributed by atoms with Gasteiger partial charge in [-0.3, -0.25) is 0 Å².